The van der Waals surface area contributed by atoms with Crippen LogP contribution in [0.1, 0.15) is 56.3 Å². The molecule has 1 aliphatic rings. The monoisotopic (exact) mass is 235 g/mol. The van der Waals surface area contributed by atoms with Gasteiger partial charge >= 0.3 is 0 Å². The summed E-state index contributed by atoms with van der Waals surface area (Å²) in [4.78, 5) is 0. The molecular formula is C14H21NS. The predicted octanol–water partition coefficient (Wildman–Crippen LogP) is 3.84. The molecule has 0 bridgehead atoms. The Bertz CT molecular complexity index is 396. The molecule has 88 valence electrons. The summed E-state index contributed by atoms with van der Waals surface area (Å²) in [7, 11) is 0. The van der Waals surface area contributed by atoms with Crippen LogP contribution in [-0.4, -0.2) is 4.75 Å². The molecule has 1 heterocycles. The van der Waals surface area contributed by atoms with E-state index in [9.17, 15) is 0 Å². The van der Waals surface area contributed by atoms with E-state index in [4.69, 9.17) is 5.73 Å². The molecule has 1 unspecified atom stereocenters. The molecule has 0 saturated heterocycles. The normalized spacial score (nSPS) is 23.2. The van der Waals surface area contributed by atoms with Crippen molar-refractivity contribution >= 4 is 11.8 Å². The van der Waals surface area contributed by atoms with E-state index in [2.05, 4.69) is 45.9 Å². The van der Waals surface area contributed by atoms with Gasteiger partial charge in [-0.2, -0.15) is 0 Å². The van der Waals surface area contributed by atoms with Crippen molar-refractivity contribution in [3.8, 4) is 0 Å². The summed E-state index contributed by atoms with van der Waals surface area (Å²) >= 11 is 1.96. The summed E-state index contributed by atoms with van der Waals surface area (Å²) < 4.78 is 0.155. The highest BCUT2D eigenvalue weighted by molar-refractivity contribution is 7.99. The first-order chi connectivity index (χ1) is 7.42. The van der Waals surface area contributed by atoms with Crippen LogP contribution >= 0.6 is 11.8 Å². The Balaban J connectivity index is 2.45. The summed E-state index contributed by atoms with van der Waals surface area (Å²) in [6, 6.07) is 6.97. The Kier molecular flexibility index (Phi) is 3.06. The average Bonchev–Trinajstić information content (AvgIpc) is 2.23. The maximum Gasteiger partial charge on any atom is 0.0442 e. The molecule has 0 aromatic heterocycles. The molecular weight excluding hydrogens is 214 g/mol. The second-order valence-corrected chi connectivity index (χ2v) is 7.11. The van der Waals surface area contributed by atoms with E-state index < -0.39 is 0 Å². The average molecular weight is 235 g/mol. The van der Waals surface area contributed by atoms with Gasteiger partial charge in [-0.25, -0.2) is 0 Å². The fraction of sp³-hybridized carbons (Fsp3) is 0.571. The summed E-state index contributed by atoms with van der Waals surface area (Å²) in [5.41, 5.74) is 10.5. The minimum absolute atomic E-state index is 0.153. The van der Waals surface area contributed by atoms with Crippen molar-refractivity contribution in [3.63, 3.8) is 0 Å². The number of hydrogen-bond acceptors (Lipinski definition) is 2. The Morgan fingerprint density at radius 1 is 1.38 bits per heavy atom. The van der Waals surface area contributed by atoms with E-state index in [1.54, 1.807) is 0 Å². The number of benzene rings is 1. The van der Waals surface area contributed by atoms with Gasteiger partial charge in [0.1, 0.15) is 0 Å². The van der Waals surface area contributed by atoms with Crippen LogP contribution in [0.25, 0.3) is 0 Å². The first-order valence-corrected chi connectivity index (χ1v) is 6.92. The SMILES string of the molecule is CC(C)c1ccc2c(c1)C(N)C(C)(C)SC2. The van der Waals surface area contributed by atoms with Crippen LogP contribution in [0, 0.1) is 0 Å². The molecule has 0 fully saturated rings. The summed E-state index contributed by atoms with van der Waals surface area (Å²) in [6.45, 7) is 8.95. The molecule has 1 atom stereocenters. The molecule has 0 amide bonds. The van der Waals surface area contributed by atoms with Gasteiger partial charge in [0.05, 0.1) is 0 Å². The van der Waals surface area contributed by atoms with Gasteiger partial charge in [-0.1, -0.05) is 32.0 Å². The molecule has 1 nitrogen and oxygen atoms in total. The molecule has 1 aromatic rings. The van der Waals surface area contributed by atoms with Gasteiger partial charge in [0.25, 0.3) is 0 Å². The number of nitrogens with two attached hydrogens (primary N) is 1. The van der Waals surface area contributed by atoms with Gasteiger partial charge in [-0.3, -0.25) is 0 Å². The molecule has 0 radical (unpaired) electrons. The highest BCUT2D eigenvalue weighted by Gasteiger charge is 2.33. The fourth-order valence-electron chi connectivity index (χ4n) is 2.12. The van der Waals surface area contributed by atoms with Crippen LogP contribution in [0.2, 0.25) is 0 Å². The standard InChI is InChI=1S/C14H21NS/c1-9(2)10-5-6-11-8-16-14(3,4)13(15)12(11)7-10/h5-7,9,13H,8,15H2,1-4H3. The number of thioether (sulfide) groups is 1. The van der Waals surface area contributed by atoms with Gasteiger partial charge in [0.15, 0.2) is 0 Å². The maximum absolute atomic E-state index is 6.37. The molecule has 0 spiro atoms. The Labute approximate surface area is 103 Å². The third-order valence-corrected chi connectivity index (χ3v) is 4.97. The quantitative estimate of drug-likeness (QED) is 0.800. The van der Waals surface area contributed by atoms with Crippen molar-refractivity contribution < 1.29 is 0 Å². The van der Waals surface area contributed by atoms with Gasteiger partial charge in [-0.15, -0.1) is 11.8 Å². The zero-order valence-electron chi connectivity index (χ0n) is 10.6. The number of fused-ring (bicyclic) bond motifs is 1. The van der Waals surface area contributed by atoms with Gasteiger partial charge in [-0.05, 0) is 36.5 Å². The Morgan fingerprint density at radius 2 is 2.06 bits per heavy atom. The summed E-state index contributed by atoms with van der Waals surface area (Å²) in [5, 5.41) is 0. The van der Waals surface area contributed by atoms with E-state index in [1.165, 1.54) is 16.7 Å². The van der Waals surface area contributed by atoms with Crippen LogP contribution in [-0.2, 0) is 5.75 Å². The smallest absolute Gasteiger partial charge is 0.0442 e. The molecule has 1 aliphatic heterocycles. The summed E-state index contributed by atoms with van der Waals surface area (Å²) in [6.07, 6.45) is 0. The van der Waals surface area contributed by atoms with E-state index in [1.807, 2.05) is 11.8 Å². The lowest BCUT2D eigenvalue weighted by Gasteiger charge is -2.37. The summed E-state index contributed by atoms with van der Waals surface area (Å²) in [5.74, 6) is 1.67. The highest BCUT2D eigenvalue weighted by Crippen LogP contribution is 2.44. The van der Waals surface area contributed by atoms with Crippen molar-refractivity contribution in [1.82, 2.24) is 0 Å². The van der Waals surface area contributed by atoms with Crippen LogP contribution in [0.3, 0.4) is 0 Å². The first-order valence-electron chi connectivity index (χ1n) is 5.94. The molecule has 2 rings (SSSR count). The van der Waals surface area contributed by atoms with E-state index in [-0.39, 0.29) is 10.8 Å². The van der Waals surface area contributed by atoms with Gasteiger partial charge in [0, 0.05) is 16.5 Å². The number of rotatable bonds is 1. The molecule has 0 aliphatic carbocycles. The molecule has 2 N–H and O–H groups in total. The van der Waals surface area contributed by atoms with Crippen molar-refractivity contribution in [3.05, 3.63) is 34.9 Å². The largest absolute Gasteiger partial charge is 0.323 e. The third-order valence-electron chi connectivity index (χ3n) is 3.52. The van der Waals surface area contributed by atoms with Crippen molar-refractivity contribution in [2.45, 2.75) is 50.2 Å². The lowest BCUT2D eigenvalue weighted by atomic mass is 9.88. The maximum atomic E-state index is 6.37. The fourth-order valence-corrected chi connectivity index (χ4v) is 3.22. The minimum Gasteiger partial charge on any atom is -0.323 e. The van der Waals surface area contributed by atoms with E-state index in [0.29, 0.717) is 5.92 Å². The number of hydrogen-bond donors (Lipinski definition) is 1. The predicted molar refractivity (Wildman–Crippen MR) is 72.8 cm³/mol. The van der Waals surface area contributed by atoms with Gasteiger partial charge in [0.2, 0.25) is 0 Å². The molecule has 2 heteroatoms. The minimum atomic E-state index is 0.153. The van der Waals surface area contributed by atoms with E-state index in [0.717, 1.165) is 5.75 Å². The zero-order valence-corrected chi connectivity index (χ0v) is 11.4. The first kappa shape index (κ1) is 12.0. The zero-order chi connectivity index (χ0) is 11.9. The van der Waals surface area contributed by atoms with Crippen LogP contribution in [0.15, 0.2) is 18.2 Å². The third kappa shape index (κ3) is 2.01. The lowest BCUT2D eigenvalue weighted by Crippen LogP contribution is -2.36. The Morgan fingerprint density at radius 3 is 2.69 bits per heavy atom. The van der Waals surface area contributed by atoms with Gasteiger partial charge < -0.3 is 5.73 Å². The second kappa shape index (κ2) is 4.08. The molecule has 16 heavy (non-hydrogen) atoms. The van der Waals surface area contributed by atoms with Crippen molar-refractivity contribution in [1.29, 1.82) is 0 Å². The highest BCUT2D eigenvalue weighted by atomic mass is 32.2. The molecule has 1 aromatic carbocycles. The van der Waals surface area contributed by atoms with Crippen LogP contribution in [0.5, 0.6) is 0 Å². The van der Waals surface area contributed by atoms with Crippen LogP contribution < -0.4 is 5.73 Å². The topological polar surface area (TPSA) is 26.0 Å². The van der Waals surface area contributed by atoms with Crippen molar-refractivity contribution in [2.24, 2.45) is 5.73 Å². The van der Waals surface area contributed by atoms with Crippen LogP contribution in [0.4, 0.5) is 0 Å². The Hall–Kier alpha value is -0.470. The molecule has 0 saturated carbocycles. The lowest BCUT2D eigenvalue weighted by molar-refractivity contribution is 0.551. The van der Waals surface area contributed by atoms with E-state index >= 15 is 0 Å². The second-order valence-electron chi connectivity index (χ2n) is 5.48. The van der Waals surface area contributed by atoms with Crippen molar-refractivity contribution in [2.75, 3.05) is 0 Å².